The number of thiophene rings is 1. The lowest BCUT2D eigenvalue weighted by atomic mass is 10.3. The second kappa shape index (κ2) is 5.79. The zero-order chi connectivity index (χ0) is 13.0. The standard InChI is InChI=1S/C12H15N3O2S/c1-2-13-9(12(16)17)8-15-6-5-14-11(15)10-4-3-7-18-10/h3-7,9,13H,2,8H2,1H3,(H,16,17). The number of imidazole rings is 1. The summed E-state index contributed by atoms with van der Waals surface area (Å²) in [5.74, 6) is -0.0307. The predicted molar refractivity (Wildman–Crippen MR) is 70.6 cm³/mol. The number of nitrogens with zero attached hydrogens (tertiary/aromatic N) is 2. The molecule has 2 aromatic heterocycles. The number of carboxylic acid groups (broad SMARTS) is 1. The maximum absolute atomic E-state index is 11.1. The highest BCUT2D eigenvalue weighted by molar-refractivity contribution is 7.13. The topological polar surface area (TPSA) is 67.2 Å². The van der Waals surface area contributed by atoms with Crippen LogP contribution >= 0.6 is 11.3 Å². The molecular formula is C12H15N3O2S. The minimum Gasteiger partial charge on any atom is -0.480 e. The molecule has 0 bridgehead atoms. The van der Waals surface area contributed by atoms with E-state index in [1.54, 1.807) is 17.5 Å². The predicted octanol–water partition coefficient (Wildman–Crippen LogP) is 1.67. The number of carbonyl (C=O) groups is 1. The van der Waals surface area contributed by atoms with Gasteiger partial charge in [-0.25, -0.2) is 4.98 Å². The van der Waals surface area contributed by atoms with Gasteiger partial charge in [0.1, 0.15) is 11.9 Å². The average Bonchev–Trinajstić information content (AvgIpc) is 2.97. The van der Waals surface area contributed by atoms with Gasteiger partial charge in [-0.3, -0.25) is 4.79 Å². The van der Waals surface area contributed by atoms with Crippen molar-refractivity contribution in [2.75, 3.05) is 6.54 Å². The number of likely N-dealkylation sites (N-methyl/N-ethyl adjacent to an activating group) is 1. The quantitative estimate of drug-likeness (QED) is 0.834. The molecule has 0 radical (unpaired) electrons. The third-order valence-corrected chi connectivity index (χ3v) is 3.45. The second-order valence-electron chi connectivity index (χ2n) is 3.83. The maximum atomic E-state index is 11.1. The normalized spacial score (nSPS) is 12.5. The Labute approximate surface area is 109 Å². The van der Waals surface area contributed by atoms with Crippen molar-refractivity contribution in [3.63, 3.8) is 0 Å². The number of hydrogen-bond acceptors (Lipinski definition) is 4. The Balaban J connectivity index is 2.19. The summed E-state index contributed by atoms with van der Waals surface area (Å²) in [6, 6.07) is 3.34. The molecule has 2 heterocycles. The molecule has 96 valence electrons. The molecule has 2 aromatic rings. The van der Waals surface area contributed by atoms with Crippen molar-refractivity contribution in [2.24, 2.45) is 0 Å². The van der Waals surface area contributed by atoms with Crippen LogP contribution in [0.15, 0.2) is 29.9 Å². The van der Waals surface area contributed by atoms with E-state index in [4.69, 9.17) is 5.11 Å². The number of rotatable bonds is 6. The van der Waals surface area contributed by atoms with E-state index in [1.807, 2.05) is 35.2 Å². The summed E-state index contributed by atoms with van der Waals surface area (Å²) < 4.78 is 1.87. The Hall–Kier alpha value is -1.66. The first-order valence-corrected chi connectivity index (χ1v) is 6.61. The molecular weight excluding hydrogens is 250 g/mol. The zero-order valence-electron chi connectivity index (χ0n) is 10.0. The van der Waals surface area contributed by atoms with Crippen molar-refractivity contribution in [3.8, 4) is 10.7 Å². The van der Waals surface area contributed by atoms with E-state index in [0.29, 0.717) is 13.1 Å². The van der Waals surface area contributed by atoms with Gasteiger partial charge < -0.3 is 15.0 Å². The third-order valence-electron chi connectivity index (χ3n) is 2.58. The monoisotopic (exact) mass is 265 g/mol. The third kappa shape index (κ3) is 2.77. The summed E-state index contributed by atoms with van der Waals surface area (Å²) in [5, 5.41) is 14.1. The molecule has 0 amide bonds. The van der Waals surface area contributed by atoms with Gasteiger partial charge in [-0.05, 0) is 18.0 Å². The Kier molecular flexibility index (Phi) is 4.11. The molecule has 0 fully saturated rings. The summed E-state index contributed by atoms with van der Waals surface area (Å²) in [5.41, 5.74) is 0. The number of hydrogen-bond donors (Lipinski definition) is 2. The van der Waals surface area contributed by atoms with E-state index < -0.39 is 12.0 Å². The second-order valence-corrected chi connectivity index (χ2v) is 4.78. The lowest BCUT2D eigenvalue weighted by molar-refractivity contribution is -0.139. The lowest BCUT2D eigenvalue weighted by Gasteiger charge is -2.15. The first-order valence-electron chi connectivity index (χ1n) is 5.73. The van der Waals surface area contributed by atoms with E-state index >= 15 is 0 Å². The first kappa shape index (κ1) is 12.8. The van der Waals surface area contributed by atoms with Crippen LogP contribution in [0.3, 0.4) is 0 Å². The molecule has 0 aliphatic rings. The number of aromatic nitrogens is 2. The van der Waals surface area contributed by atoms with Gasteiger partial charge in [0, 0.05) is 12.4 Å². The Bertz CT molecular complexity index is 507. The van der Waals surface area contributed by atoms with Crippen LogP contribution in [0, 0.1) is 0 Å². The largest absolute Gasteiger partial charge is 0.480 e. The van der Waals surface area contributed by atoms with Crippen molar-refractivity contribution in [3.05, 3.63) is 29.9 Å². The molecule has 1 atom stereocenters. The van der Waals surface area contributed by atoms with Gasteiger partial charge in [-0.15, -0.1) is 11.3 Å². The molecule has 2 rings (SSSR count). The van der Waals surface area contributed by atoms with Crippen molar-refractivity contribution in [1.82, 2.24) is 14.9 Å². The van der Waals surface area contributed by atoms with Crippen LogP contribution in [0.2, 0.25) is 0 Å². The van der Waals surface area contributed by atoms with Crippen LogP contribution in [-0.2, 0) is 11.3 Å². The van der Waals surface area contributed by atoms with Crippen LogP contribution in [-0.4, -0.2) is 33.2 Å². The molecule has 5 nitrogen and oxygen atoms in total. The van der Waals surface area contributed by atoms with E-state index in [-0.39, 0.29) is 0 Å². The van der Waals surface area contributed by atoms with Crippen LogP contribution in [0.4, 0.5) is 0 Å². The summed E-state index contributed by atoms with van der Waals surface area (Å²) in [6.07, 6.45) is 3.50. The molecule has 18 heavy (non-hydrogen) atoms. The van der Waals surface area contributed by atoms with Gasteiger partial charge in [0.05, 0.1) is 11.4 Å². The molecule has 1 unspecified atom stereocenters. The fourth-order valence-electron chi connectivity index (χ4n) is 1.76. The molecule has 6 heteroatoms. The van der Waals surface area contributed by atoms with Crippen LogP contribution in [0.1, 0.15) is 6.92 Å². The van der Waals surface area contributed by atoms with Crippen LogP contribution in [0.25, 0.3) is 10.7 Å². The molecule has 0 aliphatic heterocycles. The summed E-state index contributed by atoms with van der Waals surface area (Å²) in [4.78, 5) is 16.4. The SMILES string of the molecule is CCNC(Cn1ccnc1-c1cccs1)C(=O)O. The van der Waals surface area contributed by atoms with Crippen molar-refractivity contribution in [1.29, 1.82) is 0 Å². The number of nitrogens with one attached hydrogen (secondary N) is 1. The summed E-state index contributed by atoms with van der Waals surface area (Å²) in [6.45, 7) is 2.89. The minimum atomic E-state index is -0.845. The molecule has 0 aliphatic carbocycles. The van der Waals surface area contributed by atoms with Crippen molar-refractivity contribution >= 4 is 17.3 Å². The molecule has 0 saturated carbocycles. The van der Waals surface area contributed by atoms with Gasteiger partial charge in [0.15, 0.2) is 0 Å². The Morgan fingerprint density at radius 2 is 2.50 bits per heavy atom. The van der Waals surface area contributed by atoms with Crippen molar-refractivity contribution < 1.29 is 9.90 Å². The van der Waals surface area contributed by atoms with E-state index in [0.717, 1.165) is 10.7 Å². The average molecular weight is 265 g/mol. The van der Waals surface area contributed by atoms with Gasteiger partial charge >= 0.3 is 5.97 Å². The van der Waals surface area contributed by atoms with E-state index in [1.165, 1.54) is 0 Å². The van der Waals surface area contributed by atoms with Gasteiger partial charge in [0.2, 0.25) is 0 Å². The van der Waals surface area contributed by atoms with Crippen molar-refractivity contribution in [2.45, 2.75) is 19.5 Å². The minimum absolute atomic E-state index is 0.371. The maximum Gasteiger partial charge on any atom is 0.322 e. The Morgan fingerprint density at radius 3 is 3.11 bits per heavy atom. The van der Waals surface area contributed by atoms with Gasteiger partial charge in [-0.1, -0.05) is 13.0 Å². The highest BCUT2D eigenvalue weighted by Gasteiger charge is 2.18. The molecule has 2 N–H and O–H groups in total. The summed E-state index contributed by atoms with van der Waals surface area (Å²) >= 11 is 1.59. The fraction of sp³-hybridized carbons (Fsp3) is 0.333. The van der Waals surface area contributed by atoms with Crippen LogP contribution < -0.4 is 5.32 Å². The molecule has 0 spiro atoms. The van der Waals surface area contributed by atoms with Gasteiger partial charge in [-0.2, -0.15) is 0 Å². The van der Waals surface area contributed by atoms with E-state index in [2.05, 4.69) is 10.3 Å². The number of carboxylic acids is 1. The molecule has 0 saturated heterocycles. The Morgan fingerprint density at radius 1 is 1.67 bits per heavy atom. The lowest BCUT2D eigenvalue weighted by Crippen LogP contribution is -2.40. The smallest absolute Gasteiger partial charge is 0.322 e. The highest BCUT2D eigenvalue weighted by Crippen LogP contribution is 2.22. The zero-order valence-corrected chi connectivity index (χ0v) is 10.9. The summed E-state index contributed by atoms with van der Waals surface area (Å²) in [7, 11) is 0. The number of aliphatic carboxylic acids is 1. The fourth-order valence-corrected chi connectivity index (χ4v) is 2.50. The highest BCUT2D eigenvalue weighted by atomic mass is 32.1. The first-order chi connectivity index (χ1) is 8.72. The van der Waals surface area contributed by atoms with Gasteiger partial charge in [0.25, 0.3) is 0 Å². The molecule has 0 aromatic carbocycles. The van der Waals surface area contributed by atoms with Crippen LogP contribution in [0.5, 0.6) is 0 Å². The van der Waals surface area contributed by atoms with E-state index in [9.17, 15) is 4.79 Å².